The number of rotatable bonds is 5. The van der Waals surface area contributed by atoms with Gasteiger partial charge in [-0.3, -0.25) is 0 Å². The lowest BCUT2D eigenvalue weighted by atomic mass is 9.88. The van der Waals surface area contributed by atoms with Gasteiger partial charge in [-0.25, -0.2) is 0 Å². The van der Waals surface area contributed by atoms with Crippen LogP contribution in [-0.4, -0.2) is 31.0 Å². The summed E-state index contributed by atoms with van der Waals surface area (Å²) in [6.07, 6.45) is 1.59. The predicted molar refractivity (Wildman–Crippen MR) is 63.2 cm³/mol. The van der Waals surface area contributed by atoms with Crippen molar-refractivity contribution in [3.8, 4) is 0 Å². The molecule has 3 heteroatoms. The molecule has 2 N–H and O–H groups in total. The Morgan fingerprint density at radius 1 is 1.38 bits per heavy atom. The molecule has 1 aromatic carbocycles. The summed E-state index contributed by atoms with van der Waals surface area (Å²) in [5, 5.41) is 12.8. The maximum absolute atomic E-state index is 9.26. The van der Waals surface area contributed by atoms with Crippen LogP contribution in [0.3, 0.4) is 0 Å². The molecule has 1 fully saturated rings. The Morgan fingerprint density at radius 3 is 2.62 bits per heavy atom. The fourth-order valence-corrected chi connectivity index (χ4v) is 2.10. The number of ether oxygens (including phenoxy) is 1. The van der Waals surface area contributed by atoms with Crippen molar-refractivity contribution in [2.75, 3.05) is 13.7 Å². The molecule has 3 nitrogen and oxygen atoms in total. The molecule has 1 aliphatic carbocycles. The number of nitrogens with one attached hydrogen (secondary N) is 1. The van der Waals surface area contributed by atoms with Gasteiger partial charge in [0, 0.05) is 13.2 Å². The minimum absolute atomic E-state index is 0.114. The third-order valence-electron chi connectivity index (χ3n) is 3.09. The van der Waals surface area contributed by atoms with E-state index in [2.05, 4.69) is 17.4 Å². The maximum atomic E-state index is 9.26. The molecule has 1 atom stereocenters. The average molecular weight is 221 g/mol. The predicted octanol–water partition coefficient (Wildman–Crippen LogP) is 1.49. The summed E-state index contributed by atoms with van der Waals surface area (Å²) in [6, 6.07) is 10.9. The number of benzene rings is 1. The quantitative estimate of drug-likeness (QED) is 0.791. The lowest BCUT2D eigenvalue weighted by molar-refractivity contribution is 0.0499. The van der Waals surface area contributed by atoms with Gasteiger partial charge in [-0.05, 0) is 18.4 Å². The highest BCUT2D eigenvalue weighted by atomic mass is 16.5. The molecule has 0 aromatic heterocycles. The topological polar surface area (TPSA) is 41.5 Å². The van der Waals surface area contributed by atoms with Crippen molar-refractivity contribution in [2.24, 2.45) is 0 Å². The second kappa shape index (κ2) is 5.43. The Hall–Kier alpha value is -0.900. The van der Waals surface area contributed by atoms with E-state index in [4.69, 9.17) is 4.74 Å². The first-order valence-electron chi connectivity index (χ1n) is 5.77. The standard InChI is InChI=1S/C13H19NO2/c1-16-9-13(10-5-3-2-4-6-10)14-11-7-12(15)8-11/h2-6,11-15H,7-9H2,1H3. The van der Waals surface area contributed by atoms with E-state index in [1.165, 1.54) is 5.56 Å². The van der Waals surface area contributed by atoms with E-state index in [0.717, 1.165) is 12.8 Å². The third kappa shape index (κ3) is 2.82. The van der Waals surface area contributed by atoms with Crippen molar-refractivity contribution < 1.29 is 9.84 Å². The van der Waals surface area contributed by atoms with E-state index in [1.54, 1.807) is 7.11 Å². The molecular weight excluding hydrogens is 202 g/mol. The number of hydrogen-bond donors (Lipinski definition) is 2. The first-order chi connectivity index (χ1) is 7.79. The molecule has 1 aromatic rings. The lowest BCUT2D eigenvalue weighted by Crippen LogP contribution is -2.46. The first kappa shape index (κ1) is 11.6. The number of aliphatic hydroxyl groups is 1. The van der Waals surface area contributed by atoms with E-state index in [1.807, 2.05) is 18.2 Å². The van der Waals surface area contributed by atoms with E-state index >= 15 is 0 Å². The smallest absolute Gasteiger partial charge is 0.0657 e. The van der Waals surface area contributed by atoms with Gasteiger partial charge in [-0.2, -0.15) is 0 Å². The summed E-state index contributed by atoms with van der Waals surface area (Å²) < 4.78 is 5.23. The van der Waals surface area contributed by atoms with Crippen molar-refractivity contribution in [3.63, 3.8) is 0 Å². The minimum atomic E-state index is -0.114. The molecule has 88 valence electrons. The Morgan fingerprint density at radius 2 is 2.06 bits per heavy atom. The Balaban J connectivity index is 1.94. The fourth-order valence-electron chi connectivity index (χ4n) is 2.10. The summed E-state index contributed by atoms with van der Waals surface area (Å²) in [5.41, 5.74) is 1.24. The van der Waals surface area contributed by atoms with Crippen LogP contribution in [0.25, 0.3) is 0 Å². The molecule has 1 saturated carbocycles. The highest BCUT2D eigenvalue weighted by Crippen LogP contribution is 2.23. The van der Waals surface area contributed by atoms with Gasteiger partial charge in [0.25, 0.3) is 0 Å². The monoisotopic (exact) mass is 221 g/mol. The Labute approximate surface area is 96.4 Å². The van der Waals surface area contributed by atoms with E-state index in [9.17, 15) is 5.11 Å². The van der Waals surface area contributed by atoms with Gasteiger partial charge in [0.15, 0.2) is 0 Å². The van der Waals surface area contributed by atoms with Gasteiger partial charge in [0.05, 0.1) is 18.8 Å². The van der Waals surface area contributed by atoms with E-state index < -0.39 is 0 Å². The highest BCUT2D eigenvalue weighted by molar-refractivity contribution is 5.19. The molecule has 16 heavy (non-hydrogen) atoms. The van der Waals surface area contributed by atoms with Crippen LogP contribution in [-0.2, 0) is 4.74 Å². The molecule has 2 rings (SSSR count). The van der Waals surface area contributed by atoms with Crippen LogP contribution >= 0.6 is 0 Å². The number of aliphatic hydroxyl groups excluding tert-OH is 1. The molecule has 0 aliphatic heterocycles. The van der Waals surface area contributed by atoms with Gasteiger partial charge in [0.2, 0.25) is 0 Å². The molecule has 0 amide bonds. The second-order valence-corrected chi connectivity index (χ2v) is 4.41. The van der Waals surface area contributed by atoms with Gasteiger partial charge < -0.3 is 15.2 Å². The molecule has 0 saturated heterocycles. The van der Waals surface area contributed by atoms with Crippen molar-refractivity contribution in [2.45, 2.75) is 31.0 Å². The first-order valence-corrected chi connectivity index (χ1v) is 5.77. The molecule has 1 aliphatic rings. The van der Waals surface area contributed by atoms with Gasteiger partial charge in [0.1, 0.15) is 0 Å². The van der Waals surface area contributed by atoms with Crippen LogP contribution in [0.1, 0.15) is 24.4 Å². The zero-order chi connectivity index (χ0) is 11.4. The van der Waals surface area contributed by atoms with Crippen molar-refractivity contribution in [1.82, 2.24) is 5.32 Å². The molecule has 0 radical (unpaired) electrons. The Kier molecular flexibility index (Phi) is 3.93. The second-order valence-electron chi connectivity index (χ2n) is 4.41. The number of methoxy groups -OCH3 is 1. The summed E-state index contributed by atoms with van der Waals surface area (Å²) in [6.45, 7) is 0.663. The Bertz CT molecular complexity index is 309. The fraction of sp³-hybridized carbons (Fsp3) is 0.538. The largest absolute Gasteiger partial charge is 0.393 e. The van der Waals surface area contributed by atoms with Gasteiger partial charge >= 0.3 is 0 Å². The van der Waals surface area contributed by atoms with Crippen LogP contribution in [0.2, 0.25) is 0 Å². The van der Waals surface area contributed by atoms with Crippen LogP contribution in [0.5, 0.6) is 0 Å². The maximum Gasteiger partial charge on any atom is 0.0657 e. The van der Waals surface area contributed by atoms with Crippen LogP contribution in [0.4, 0.5) is 0 Å². The summed E-state index contributed by atoms with van der Waals surface area (Å²) in [4.78, 5) is 0. The molecule has 0 spiro atoms. The zero-order valence-corrected chi connectivity index (χ0v) is 9.60. The summed E-state index contributed by atoms with van der Waals surface area (Å²) >= 11 is 0. The van der Waals surface area contributed by atoms with Crippen LogP contribution < -0.4 is 5.32 Å². The molecular formula is C13H19NO2. The van der Waals surface area contributed by atoms with Gasteiger partial charge in [-0.1, -0.05) is 30.3 Å². The van der Waals surface area contributed by atoms with Crippen molar-refractivity contribution in [1.29, 1.82) is 0 Å². The van der Waals surface area contributed by atoms with E-state index in [-0.39, 0.29) is 12.1 Å². The average Bonchev–Trinajstić information content (AvgIpc) is 2.27. The summed E-state index contributed by atoms with van der Waals surface area (Å²) in [7, 11) is 1.72. The van der Waals surface area contributed by atoms with Crippen molar-refractivity contribution >= 4 is 0 Å². The normalized spacial score (nSPS) is 26.1. The van der Waals surface area contributed by atoms with Crippen LogP contribution in [0, 0.1) is 0 Å². The third-order valence-corrected chi connectivity index (χ3v) is 3.09. The number of hydrogen-bond acceptors (Lipinski definition) is 3. The van der Waals surface area contributed by atoms with Crippen molar-refractivity contribution in [3.05, 3.63) is 35.9 Å². The minimum Gasteiger partial charge on any atom is -0.393 e. The SMILES string of the molecule is COCC(NC1CC(O)C1)c1ccccc1. The molecule has 0 heterocycles. The van der Waals surface area contributed by atoms with Gasteiger partial charge in [-0.15, -0.1) is 0 Å². The lowest BCUT2D eigenvalue weighted by Gasteiger charge is -2.35. The zero-order valence-electron chi connectivity index (χ0n) is 9.60. The summed E-state index contributed by atoms with van der Waals surface area (Å²) in [5.74, 6) is 0. The molecule has 1 unspecified atom stereocenters. The molecule has 0 bridgehead atoms. The van der Waals surface area contributed by atoms with E-state index in [0.29, 0.717) is 12.6 Å². The highest BCUT2D eigenvalue weighted by Gasteiger charge is 2.29. The van der Waals surface area contributed by atoms with Crippen LogP contribution in [0.15, 0.2) is 30.3 Å².